The van der Waals surface area contributed by atoms with Gasteiger partial charge in [0, 0.05) is 5.39 Å². The van der Waals surface area contributed by atoms with Crippen LogP contribution in [0.1, 0.15) is 6.42 Å². The lowest BCUT2D eigenvalue weighted by molar-refractivity contribution is -0.275. The van der Waals surface area contributed by atoms with E-state index in [0.29, 0.717) is 26.5 Å². The van der Waals surface area contributed by atoms with Gasteiger partial charge in [-0.05, 0) is 35.7 Å². The van der Waals surface area contributed by atoms with Gasteiger partial charge in [-0.2, -0.15) is 5.10 Å². The molecule has 5 rings (SSSR count). The average molecular weight is 454 g/mol. The van der Waals surface area contributed by atoms with Crippen molar-refractivity contribution in [3.63, 3.8) is 0 Å². The second kappa shape index (κ2) is 6.87. The van der Waals surface area contributed by atoms with Gasteiger partial charge in [0.15, 0.2) is 16.7 Å². The van der Waals surface area contributed by atoms with Crippen LogP contribution < -0.4 is 10.1 Å². The Kier molecular flexibility index (Phi) is 4.36. The van der Waals surface area contributed by atoms with E-state index in [0.717, 1.165) is 17.4 Å². The van der Waals surface area contributed by atoms with Crippen molar-refractivity contribution in [3.8, 4) is 16.9 Å². The summed E-state index contributed by atoms with van der Waals surface area (Å²) in [5.74, 6) is -3.28. The van der Waals surface area contributed by atoms with Crippen LogP contribution in [0, 0.1) is 11.7 Å². The summed E-state index contributed by atoms with van der Waals surface area (Å²) in [6, 6.07) is 5.87. The number of rotatable bonds is 4. The van der Waals surface area contributed by atoms with Crippen LogP contribution in [-0.2, 0) is 4.79 Å². The number of carbonyl (C=O) groups is 1. The van der Waals surface area contributed by atoms with E-state index in [4.69, 9.17) is 0 Å². The SMILES string of the molecule is O=C(Nc1nc2ccc(-c3cc(F)c(OC(F)(F)F)c4[nH]ncc34)cc2s1)[C@@H]1C[C@@H]1F. The number of anilines is 1. The van der Waals surface area contributed by atoms with Crippen molar-refractivity contribution in [2.75, 3.05) is 5.32 Å². The third kappa shape index (κ3) is 3.67. The van der Waals surface area contributed by atoms with Gasteiger partial charge >= 0.3 is 6.36 Å². The number of halogens is 5. The molecule has 1 saturated carbocycles. The fraction of sp³-hybridized carbons (Fsp3) is 0.211. The summed E-state index contributed by atoms with van der Waals surface area (Å²) >= 11 is 1.15. The van der Waals surface area contributed by atoms with Crippen molar-refractivity contribution in [1.82, 2.24) is 15.2 Å². The van der Waals surface area contributed by atoms with Gasteiger partial charge in [0.25, 0.3) is 0 Å². The van der Waals surface area contributed by atoms with Gasteiger partial charge in [0.2, 0.25) is 5.91 Å². The molecule has 2 N–H and O–H groups in total. The first-order valence-corrected chi connectivity index (χ1v) is 9.78. The number of nitrogens with one attached hydrogen (secondary N) is 2. The first-order valence-electron chi connectivity index (χ1n) is 8.97. The molecule has 0 aliphatic heterocycles. The summed E-state index contributed by atoms with van der Waals surface area (Å²) in [7, 11) is 0. The molecule has 6 nitrogen and oxygen atoms in total. The largest absolute Gasteiger partial charge is 0.573 e. The van der Waals surface area contributed by atoms with Gasteiger partial charge in [0.05, 0.1) is 22.3 Å². The Labute approximate surface area is 174 Å². The van der Waals surface area contributed by atoms with Crippen molar-refractivity contribution in [3.05, 3.63) is 36.3 Å². The van der Waals surface area contributed by atoms with Crippen LogP contribution in [0.2, 0.25) is 0 Å². The third-order valence-electron chi connectivity index (χ3n) is 4.84. The number of benzene rings is 2. The number of nitrogens with zero attached hydrogens (tertiary/aromatic N) is 2. The molecular formula is C19H11F5N4O2S. The van der Waals surface area contributed by atoms with Crippen molar-refractivity contribution in [2.24, 2.45) is 5.92 Å². The van der Waals surface area contributed by atoms with Gasteiger partial charge in [-0.25, -0.2) is 13.8 Å². The minimum atomic E-state index is -5.06. The van der Waals surface area contributed by atoms with Crippen molar-refractivity contribution >= 4 is 43.5 Å². The molecule has 1 amide bonds. The van der Waals surface area contributed by atoms with E-state index in [-0.39, 0.29) is 17.3 Å². The first-order chi connectivity index (χ1) is 14.7. The molecule has 2 atom stereocenters. The van der Waals surface area contributed by atoms with E-state index in [9.17, 15) is 26.7 Å². The van der Waals surface area contributed by atoms with E-state index < -0.39 is 35.9 Å². The predicted octanol–water partition coefficient (Wildman–Crippen LogP) is 5.17. The Morgan fingerprint density at radius 1 is 1.29 bits per heavy atom. The molecule has 0 radical (unpaired) electrons. The molecule has 0 spiro atoms. The number of thiazole rings is 1. The number of hydrogen-bond acceptors (Lipinski definition) is 5. The summed E-state index contributed by atoms with van der Waals surface area (Å²) in [5, 5.41) is 9.17. The molecule has 1 fully saturated rings. The lowest BCUT2D eigenvalue weighted by Crippen LogP contribution is -2.18. The Balaban J connectivity index is 1.52. The molecule has 4 aromatic rings. The smallest absolute Gasteiger partial charge is 0.400 e. The van der Waals surface area contributed by atoms with Crippen LogP contribution in [0.3, 0.4) is 0 Å². The van der Waals surface area contributed by atoms with Crippen LogP contribution in [0.25, 0.3) is 32.2 Å². The van der Waals surface area contributed by atoms with Crippen molar-refractivity contribution in [1.29, 1.82) is 0 Å². The van der Waals surface area contributed by atoms with Crippen molar-refractivity contribution < 1.29 is 31.5 Å². The van der Waals surface area contributed by atoms with Crippen LogP contribution in [0.5, 0.6) is 5.75 Å². The maximum atomic E-state index is 14.5. The molecule has 0 bridgehead atoms. The van der Waals surface area contributed by atoms with Gasteiger partial charge in [0.1, 0.15) is 11.7 Å². The zero-order valence-corrected chi connectivity index (χ0v) is 16.1. The van der Waals surface area contributed by atoms with Crippen molar-refractivity contribution in [2.45, 2.75) is 19.0 Å². The number of ether oxygens (including phenoxy) is 1. The summed E-state index contributed by atoms with van der Waals surface area (Å²) in [6.07, 6.45) is -4.72. The Bertz CT molecular complexity index is 1330. The predicted molar refractivity (Wildman–Crippen MR) is 103 cm³/mol. The van der Waals surface area contributed by atoms with Crippen LogP contribution >= 0.6 is 11.3 Å². The van der Waals surface area contributed by atoms with E-state index >= 15 is 0 Å². The van der Waals surface area contributed by atoms with Gasteiger partial charge in [-0.3, -0.25) is 9.89 Å². The molecule has 31 heavy (non-hydrogen) atoms. The summed E-state index contributed by atoms with van der Waals surface area (Å²) in [6.45, 7) is 0. The van der Waals surface area contributed by atoms with Gasteiger partial charge < -0.3 is 10.1 Å². The highest BCUT2D eigenvalue weighted by Gasteiger charge is 2.44. The van der Waals surface area contributed by atoms with Gasteiger partial charge in [-0.1, -0.05) is 17.4 Å². The Hall–Kier alpha value is -3.28. The molecule has 2 aromatic heterocycles. The van der Waals surface area contributed by atoms with Gasteiger partial charge in [-0.15, -0.1) is 13.2 Å². The van der Waals surface area contributed by atoms with E-state index in [2.05, 4.69) is 25.2 Å². The number of fused-ring (bicyclic) bond motifs is 2. The second-order valence-corrected chi connectivity index (χ2v) is 8.02. The van der Waals surface area contributed by atoms with E-state index in [1.807, 2.05) is 0 Å². The number of H-pyrrole nitrogens is 1. The molecule has 0 unspecified atom stereocenters. The third-order valence-corrected chi connectivity index (χ3v) is 5.77. The number of amides is 1. The average Bonchev–Trinajstić information content (AvgIpc) is 3.09. The topological polar surface area (TPSA) is 79.9 Å². The molecule has 1 aliphatic carbocycles. The molecule has 12 heteroatoms. The summed E-state index contributed by atoms with van der Waals surface area (Å²) in [5.41, 5.74) is 1.13. The molecule has 2 aromatic carbocycles. The Morgan fingerprint density at radius 2 is 2.06 bits per heavy atom. The molecule has 0 saturated heterocycles. The highest BCUT2D eigenvalue weighted by Crippen LogP contribution is 2.40. The first kappa shape index (κ1) is 19.7. The lowest BCUT2D eigenvalue weighted by atomic mass is 10.0. The monoisotopic (exact) mass is 454 g/mol. The fourth-order valence-corrected chi connectivity index (χ4v) is 4.19. The maximum absolute atomic E-state index is 14.5. The molecule has 1 aliphatic rings. The number of hydrogen-bond donors (Lipinski definition) is 2. The minimum Gasteiger partial charge on any atom is -0.400 e. The second-order valence-electron chi connectivity index (χ2n) is 6.99. The van der Waals surface area contributed by atoms with Crippen LogP contribution in [0.4, 0.5) is 27.1 Å². The number of carbonyl (C=O) groups excluding carboxylic acids is 1. The zero-order chi connectivity index (χ0) is 21.9. The zero-order valence-electron chi connectivity index (χ0n) is 15.3. The molecule has 2 heterocycles. The fourth-order valence-electron chi connectivity index (χ4n) is 3.29. The van der Waals surface area contributed by atoms with E-state index in [1.165, 1.54) is 6.20 Å². The number of aromatic amines is 1. The number of aromatic nitrogens is 3. The summed E-state index contributed by atoms with van der Waals surface area (Å²) < 4.78 is 69.9. The normalized spacial score (nSPS) is 18.5. The standard InChI is InChI=1S/C19H11F5N4O2S/c20-11-5-9(11)17(29)27-18-26-13-2-1-7(3-14(13)31-18)8-4-12(21)16(30-19(22,23)24)15-10(8)6-25-28-15/h1-4,6,9,11H,5H2,(H,25,28)(H,26,27,29)/t9-,11+/m1/s1. The minimum absolute atomic E-state index is 0.196. The lowest BCUT2D eigenvalue weighted by Gasteiger charge is -2.12. The highest BCUT2D eigenvalue weighted by atomic mass is 32.1. The summed E-state index contributed by atoms with van der Waals surface area (Å²) in [4.78, 5) is 16.2. The van der Waals surface area contributed by atoms with Crippen LogP contribution in [0.15, 0.2) is 30.5 Å². The molecular weight excluding hydrogens is 443 g/mol. The number of alkyl halides is 4. The molecule has 160 valence electrons. The van der Waals surface area contributed by atoms with E-state index in [1.54, 1.807) is 18.2 Å². The highest BCUT2D eigenvalue weighted by molar-refractivity contribution is 7.22. The maximum Gasteiger partial charge on any atom is 0.573 e. The quantitative estimate of drug-likeness (QED) is 0.417. The Morgan fingerprint density at radius 3 is 2.77 bits per heavy atom. The van der Waals surface area contributed by atoms with Crippen LogP contribution in [-0.4, -0.2) is 33.6 Å².